The summed E-state index contributed by atoms with van der Waals surface area (Å²) in [5.41, 5.74) is 0. The molecule has 0 aromatic heterocycles. The fraction of sp³-hybridized carbons (Fsp3) is 1.00. The summed E-state index contributed by atoms with van der Waals surface area (Å²) < 4.78 is 10.7. The third kappa shape index (κ3) is 4.94. The predicted molar refractivity (Wildman–Crippen MR) is 57.3 cm³/mol. The van der Waals surface area contributed by atoms with Crippen LogP contribution in [-0.4, -0.2) is 44.5 Å². The molecule has 0 unspecified atom stereocenters. The van der Waals surface area contributed by atoms with Gasteiger partial charge in [-0.3, -0.25) is 4.90 Å². The van der Waals surface area contributed by atoms with Gasteiger partial charge in [-0.1, -0.05) is 6.92 Å². The number of rotatable bonds is 6. The molecule has 3 nitrogen and oxygen atoms in total. The highest BCUT2D eigenvalue weighted by molar-refractivity contribution is 4.66. The SMILES string of the molecule is CCOCCOCN1CCC(C)CC1. The Bertz CT molecular complexity index is 133. The van der Waals surface area contributed by atoms with Crippen LogP contribution in [0.5, 0.6) is 0 Å². The maximum atomic E-state index is 5.51. The van der Waals surface area contributed by atoms with E-state index in [9.17, 15) is 0 Å². The molecule has 0 bridgehead atoms. The molecular formula is C11H23NO2. The summed E-state index contributed by atoms with van der Waals surface area (Å²) in [7, 11) is 0. The molecule has 1 saturated heterocycles. The Hall–Kier alpha value is -0.120. The Morgan fingerprint density at radius 3 is 2.43 bits per heavy atom. The molecule has 0 radical (unpaired) electrons. The van der Waals surface area contributed by atoms with Crippen LogP contribution >= 0.6 is 0 Å². The van der Waals surface area contributed by atoms with Crippen LogP contribution in [0.15, 0.2) is 0 Å². The number of nitrogens with zero attached hydrogens (tertiary/aromatic N) is 1. The summed E-state index contributed by atoms with van der Waals surface area (Å²) in [4.78, 5) is 2.38. The van der Waals surface area contributed by atoms with Crippen molar-refractivity contribution in [1.29, 1.82) is 0 Å². The minimum Gasteiger partial charge on any atom is -0.379 e. The molecule has 0 aromatic carbocycles. The molecule has 1 fully saturated rings. The second-order valence-electron chi connectivity index (χ2n) is 4.03. The fourth-order valence-corrected chi connectivity index (χ4v) is 1.65. The van der Waals surface area contributed by atoms with Gasteiger partial charge < -0.3 is 9.47 Å². The molecule has 0 saturated carbocycles. The van der Waals surface area contributed by atoms with E-state index >= 15 is 0 Å². The van der Waals surface area contributed by atoms with Gasteiger partial charge in [0.25, 0.3) is 0 Å². The van der Waals surface area contributed by atoms with E-state index in [4.69, 9.17) is 9.47 Å². The van der Waals surface area contributed by atoms with Crippen LogP contribution in [0.4, 0.5) is 0 Å². The summed E-state index contributed by atoms with van der Waals surface area (Å²) in [5.74, 6) is 0.898. The van der Waals surface area contributed by atoms with Crippen molar-refractivity contribution in [2.45, 2.75) is 26.7 Å². The first-order valence-corrected chi connectivity index (χ1v) is 5.70. The van der Waals surface area contributed by atoms with Crippen LogP contribution < -0.4 is 0 Å². The number of hydrogen-bond acceptors (Lipinski definition) is 3. The van der Waals surface area contributed by atoms with E-state index in [1.165, 1.54) is 25.9 Å². The highest BCUT2D eigenvalue weighted by Gasteiger charge is 2.14. The molecule has 0 N–H and O–H groups in total. The zero-order valence-electron chi connectivity index (χ0n) is 9.50. The molecule has 84 valence electrons. The predicted octanol–water partition coefficient (Wildman–Crippen LogP) is 1.73. The summed E-state index contributed by atoms with van der Waals surface area (Å²) in [6.07, 6.45) is 2.63. The molecule has 0 atom stereocenters. The molecule has 1 aliphatic heterocycles. The summed E-state index contributed by atoms with van der Waals surface area (Å²) in [6, 6.07) is 0. The van der Waals surface area contributed by atoms with E-state index in [-0.39, 0.29) is 0 Å². The highest BCUT2D eigenvalue weighted by atomic mass is 16.5. The Morgan fingerprint density at radius 2 is 1.79 bits per heavy atom. The third-order valence-corrected chi connectivity index (χ3v) is 2.73. The van der Waals surface area contributed by atoms with Gasteiger partial charge in [0.15, 0.2) is 0 Å². The van der Waals surface area contributed by atoms with Gasteiger partial charge >= 0.3 is 0 Å². The van der Waals surface area contributed by atoms with Gasteiger partial charge in [0, 0.05) is 19.7 Å². The van der Waals surface area contributed by atoms with E-state index in [0.29, 0.717) is 0 Å². The molecule has 0 spiro atoms. The minimum atomic E-state index is 0.722. The molecule has 0 aromatic rings. The number of likely N-dealkylation sites (tertiary alicyclic amines) is 1. The lowest BCUT2D eigenvalue weighted by atomic mass is 10.00. The third-order valence-electron chi connectivity index (χ3n) is 2.73. The van der Waals surface area contributed by atoms with E-state index in [0.717, 1.165) is 32.5 Å². The van der Waals surface area contributed by atoms with Crippen molar-refractivity contribution in [2.24, 2.45) is 5.92 Å². The molecular weight excluding hydrogens is 178 g/mol. The molecule has 3 heteroatoms. The minimum absolute atomic E-state index is 0.722. The van der Waals surface area contributed by atoms with E-state index < -0.39 is 0 Å². The first-order chi connectivity index (χ1) is 6.83. The van der Waals surface area contributed by atoms with Crippen molar-refractivity contribution in [2.75, 3.05) is 39.6 Å². The van der Waals surface area contributed by atoms with Crippen LogP contribution in [0.1, 0.15) is 26.7 Å². The van der Waals surface area contributed by atoms with Gasteiger partial charge in [-0.05, 0) is 25.7 Å². The van der Waals surface area contributed by atoms with Crippen molar-refractivity contribution >= 4 is 0 Å². The standard InChI is InChI=1S/C11H23NO2/c1-3-13-8-9-14-10-12-6-4-11(2)5-7-12/h11H,3-10H2,1-2H3. The van der Waals surface area contributed by atoms with Gasteiger partial charge in [-0.2, -0.15) is 0 Å². The van der Waals surface area contributed by atoms with Gasteiger partial charge in [0.1, 0.15) is 0 Å². The topological polar surface area (TPSA) is 21.7 Å². The Kier molecular flexibility index (Phi) is 6.15. The van der Waals surface area contributed by atoms with Crippen molar-refractivity contribution in [1.82, 2.24) is 4.90 Å². The average Bonchev–Trinajstić information content (AvgIpc) is 2.21. The lowest BCUT2D eigenvalue weighted by Gasteiger charge is -2.29. The van der Waals surface area contributed by atoms with Crippen molar-refractivity contribution in [3.63, 3.8) is 0 Å². The van der Waals surface area contributed by atoms with Gasteiger partial charge in [0.2, 0.25) is 0 Å². The Labute approximate surface area is 87.4 Å². The van der Waals surface area contributed by atoms with E-state index in [1.54, 1.807) is 0 Å². The first-order valence-electron chi connectivity index (χ1n) is 5.70. The maximum absolute atomic E-state index is 5.51. The number of piperidine rings is 1. The summed E-state index contributed by atoms with van der Waals surface area (Å²) >= 11 is 0. The van der Waals surface area contributed by atoms with Crippen LogP contribution in [0, 0.1) is 5.92 Å². The van der Waals surface area contributed by atoms with E-state index in [2.05, 4.69) is 11.8 Å². The lowest BCUT2D eigenvalue weighted by molar-refractivity contribution is -0.0142. The van der Waals surface area contributed by atoms with Crippen LogP contribution in [0.2, 0.25) is 0 Å². The first kappa shape index (κ1) is 12.0. The van der Waals surface area contributed by atoms with Crippen molar-refractivity contribution in [3.8, 4) is 0 Å². The summed E-state index contributed by atoms with van der Waals surface area (Å²) in [6.45, 7) is 9.72. The highest BCUT2D eigenvalue weighted by Crippen LogP contribution is 2.15. The Morgan fingerprint density at radius 1 is 1.14 bits per heavy atom. The number of hydrogen-bond donors (Lipinski definition) is 0. The monoisotopic (exact) mass is 201 g/mol. The average molecular weight is 201 g/mol. The molecule has 1 aliphatic rings. The van der Waals surface area contributed by atoms with Gasteiger partial charge in [0.05, 0.1) is 19.9 Å². The normalized spacial score (nSPS) is 20.1. The zero-order chi connectivity index (χ0) is 10.2. The second-order valence-corrected chi connectivity index (χ2v) is 4.03. The smallest absolute Gasteiger partial charge is 0.0991 e. The van der Waals surface area contributed by atoms with Crippen LogP contribution in [-0.2, 0) is 9.47 Å². The molecule has 0 amide bonds. The van der Waals surface area contributed by atoms with Crippen LogP contribution in [0.25, 0.3) is 0 Å². The molecule has 0 aliphatic carbocycles. The second kappa shape index (κ2) is 7.21. The molecule has 14 heavy (non-hydrogen) atoms. The zero-order valence-corrected chi connectivity index (χ0v) is 9.50. The van der Waals surface area contributed by atoms with Gasteiger partial charge in [-0.25, -0.2) is 0 Å². The van der Waals surface area contributed by atoms with Crippen molar-refractivity contribution in [3.05, 3.63) is 0 Å². The fourth-order valence-electron chi connectivity index (χ4n) is 1.65. The quantitative estimate of drug-likeness (QED) is 0.611. The largest absolute Gasteiger partial charge is 0.379 e. The van der Waals surface area contributed by atoms with Gasteiger partial charge in [-0.15, -0.1) is 0 Å². The lowest BCUT2D eigenvalue weighted by Crippen LogP contribution is -2.35. The molecule has 1 heterocycles. The van der Waals surface area contributed by atoms with E-state index in [1.807, 2.05) is 6.92 Å². The summed E-state index contributed by atoms with van der Waals surface area (Å²) in [5, 5.41) is 0. The maximum Gasteiger partial charge on any atom is 0.0991 e. The van der Waals surface area contributed by atoms with Crippen molar-refractivity contribution < 1.29 is 9.47 Å². The van der Waals surface area contributed by atoms with Crippen LogP contribution in [0.3, 0.4) is 0 Å². The number of ether oxygens (including phenoxy) is 2. The molecule has 1 rings (SSSR count). The Balaban J connectivity index is 1.91.